The molecule has 0 radical (unpaired) electrons. The van der Waals surface area contributed by atoms with E-state index in [0.29, 0.717) is 0 Å². The lowest BCUT2D eigenvalue weighted by molar-refractivity contribution is -0.137. The number of nitrogens with one attached hydrogen (secondary N) is 1. The smallest absolute Gasteiger partial charge is 0.314 e. The molecule has 0 aliphatic heterocycles. The maximum absolute atomic E-state index is 12.3. The van der Waals surface area contributed by atoms with Gasteiger partial charge in [0.1, 0.15) is 0 Å². The predicted molar refractivity (Wildman–Crippen MR) is 66.6 cm³/mol. The van der Waals surface area contributed by atoms with Gasteiger partial charge in [0.15, 0.2) is 9.84 Å². The highest BCUT2D eigenvalue weighted by atomic mass is 32.2. The van der Waals surface area contributed by atoms with Gasteiger partial charge in [-0.15, -0.1) is 0 Å². The van der Waals surface area contributed by atoms with E-state index in [-0.39, 0.29) is 23.2 Å². The Hall–Kier alpha value is -1.08. The molecule has 0 aliphatic rings. The molecule has 1 rings (SSSR count). The predicted octanol–water partition coefficient (Wildman–Crippen LogP) is 2.48. The van der Waals surface area contributed by atoms with Gasteiger partial charge in [-0.25, -0.2) is 8.42 Å². The second-order valence-electron chi connectivity index (χ2n) is 4.45. The number of halogens is 3. The van der Waals surface area contributed by atoms with E-state index in [1.807, 2.05) is 13.8 Å². The summed E-state index contributed by atoms with van der Waals surface area (Å²) in [7, 11) is -3.55. The van der Waals surface area contributed by atoms with Gasteiger partial charge in [-0.3, -0.25) is 0 Å². The number of hydrogen-bond acceptors (Lipinski definition) is 3. The zero-order valence-corrected chi connectivity index (χ0v) is 11.5. The summed E-state index contributed by atoms with van der Waals surface area (Å²) in [5, 5.41) is 2.95. The molecule has 0 bridgehead atoms. The molecule has 0 atom stereocenters. The van der Waals surface area contributed by atoms with Gasteiger partial charge in [-0.05, 0) is 24.3 Å². The van der Waals surface area contributed by atoms with Gasteiger partial charge in [0.2, 0.25) is 0 Å². The quantitative estimate of drug-likeness (QED) is 0.907. The summed E-state index contributed by atoms with van der Waals surface area (Å²) in [6, 6.07) is 3.70. The molecule has 0 aliphatic carbocycles. The summed E-state index contributed by atoms with van der Waals surface area (Å²) >= 11 is 0. The molecule has 0 unspecified atom stereocenters. The summed E-state index contributed by atoms with van der Waals surface area (Å²) < 4.78 is 60.8. The molecule has 1 aromatic carbocycles. The summed E-state index contributed by atoms with van der Waals surface area (Å²) in [5.74, 6) is -0.142. The fraction of sp³-hybridized carbons (Fsp3) is 0.500. The molecule has 0 spiro atoms. The van der Waals surface area contributed by atoms with Gasteiger partial charge >= 0.3 is 6.18 Å². The fourth-order valence-electron chi connectivity index (χ4n) is 1.45. The first-order valence-electron chi connectivity index (χ1n) is 5.76. The topological polar surface area (TPSA) is 46.2 Å². The summed E-state index contributed by atoms with van der Waals surface area (Å²) in [4.78, 5) is -0.0916. The van der Waals surface area contributed by atoms with Crippen LogP contribution in [0.5, 0.6) is 0 Å². The van der Waals surface area contributed by atoms with Crippen LogP contribution < -0.4 is 5.32 Å². The Morgan fingerprint density at radius 2 is 1.68 bits per heavy atom. The minimum absolute atomic E-state index is 0.0916. The zero-order chi connectivity index (χ0) is 14.7. The van der Waals surface area contributed by atoms with Crippen LogP contribution in [0.1, 0.15) is 19.4 Å². The molecule has 0 fully saturated rings. The van der Waals surface area contributed by atoms with E-state index < -0.39 is 21.6 Å². The fourth-order valence-corrected chi connectivity index (χ4v) is 2.62. The van der Waals surface area contributed by atoms with E-state index in [0.717, 1.165) is 24.3 Å². The highest BCUT2D eigenvalue weighted by molar-refractivity contribution is 7.91. The average Bonchev–Trinajstić information content (AvgIpc) is 2.27. The van der Waals surface area contributed by atoms with Gasteiger partial charge in [0.05, 0.1) is 16.2 Å². The lowest BCUT2D eigenvalue weighted by Crippen LogP contribution is -2.28. The van der Waals surface area contributed by atoms with Crippen molar-refractivity contribution in [1.82, 2.24) is 5.32 Å². The number of hydrogen-bond donors (Lipinski definition) is 1. The van der Waals surface area contributed by atoms with Crippen molar-refractivity contribution in [1.29, 1.82) is 0 Å². The first-order valence-corrected chi connectivity index (χ1v) is 7.41. The van der Waals surface area contributed by atoms with Crippen molar-refractivity contribution in [2.45, 2.75) is 31.0 Å². The van der Waals surface area contributed by atoms with Crippen molar-refractivity contribution < 1.29 is 21.6 Å². The molecule has 0 saturated heterocycles. The van der Waals surface area contributed by atoms with E-state index in [1.54, 1.807) is 0 Å². The third-order valence-electron chi connectivity index (χ3n) is 2.46. The highest BCUT2D eigenvalue weighted by Crippen LogP contribution is 2.29. The van der Waals surface area contributed by atoms with Crippen LogP contribution in [-0.2, 0) is 16.0 Å². The largest absolute Gasteiger partial charge is 0.416 e. The minimum Gasteiger partial charge on any atom is -0.314 e. The van der Waals surface area contributed by atoms with Crippen molar-refractivity contribution >= 4 is 9.84 Å². The zero-order valence-electron chi connectivity index (χ0n) is 10.7. The molecule has 1 aromatic rings. The van der Waals surface area contributed by atoms with Gasteiger partial charge in [0.25, 0.3) is 0 Å². The summed E-state index contributed by atoms with van der Waals surface area (Å²) in [5.41, 5.74) is -0.855. The van der Waals surface area contributed by atoms with Crippen molar-refractivity contribution in [3.8, 4) is 0 Å². The van der Waals surface area contributed by atoms with Crippen LogP contribution in [0.25, 0.3) is 0 Å². The van der Waals surface area contributed by atoms with E-state index in [9.17, 15) is 21.6 Å². The Labute approximate surface area is 110 Å². The molecule has 0 amide bonds. The number of rotatable bonds is 5. The SMILES string of the molecule is CC(C)NCCS(=O)(=O)c1ccc(C(F)(F)F)cc1. The van der Waals surface area contributed by atoms with Crippen LogP contribution in [0.4, 0.5) is 13.2 Å². The second-order valence-corrected chi connectivity index (χ2v) is 6.56. The maximum Gasteiger partial charge on any atom is 0.416 e. The molecule has 19 heavy (non-hydrogen) atoms. The highest BCUT2D eigenvalue weighted by Gasteiger charge is 2.30. The van der Waals surface area contributed by atoms with E-state index in [2.05, 4.69) is 5.32 Å². The minimum atomic E-state index is -4.46. The molecule has 108 valence electrons. The van der Waals surface area contributed by atoms with Crippen molar-refractivity contribution in [2.24, 2.45) is 0 Å². The van der Waals surface area contributed by atoms with Crippen LogP contribution >= 0.6 is 0 Å². The summed E-state index contributed by atoms with van der Waals surface area (Å²) in [6.45, 7) is 4.02. The molecule has 7 heteroatoms. The first kappa shape index (κ1) is 16.0. The number of sulfone groups is 1. The monoisotopic (exact) mass is 295 g/mol. The molecule has 0 heterocycles. The van der Waals surface area contributed by atoms with E-state index >= 15 is 0 Å². The molecule has 3 nitrogen and oxygen atoms in total. The molecular formula is C12H16F3NO2S. The Morgan fingerprint density at radius 3 is 2.11 bits per heavy atom. The lowest BCUT2D eigenvalue weighted by atomic mass is 10.2. The van der Waals surface area contributed by atoms with E-state index in [1.165, 1.54) is 0 Å². The van der Waals surface area contributed by atoms with Crippen molar-refractivity contribution in [3.63, 3.8) is 0 Å². The average molecular weight is 295 g/mol. The molecule has 0 aromatic heterocycles. The lowest BCUT2D eigenvalue weighted by Gasteiger charge is -2.10. The van der Waals surface area contributed by atoms with Gasteiger partial charge in [0, 0.05) is 12.6 Å². The molecular weight excluding hydrogens is 279 g/mol. The van der Waals surface area contributed by atoms with Crippen LogP contribution in [-0.4, -0.2) is 26.8 Å². The second kappa shape index (κ2) is 5.92. The Kier molecular flexibility index (Phi) is 4.98. The van der Waals surface area contributed by atoms with Crippen LogP contribution in [0.2, 0.25) is 0 Å². The normalized spacial score (nSPS) is 12.9. The maximum atomic E-state index is 12.3. The number of alkyl halides is 3. The third kappa shape index (κ3) is 4.83. The third-order valence-corrected chi connectivity index (χ3v) is 4.20. The Morgan fingerprint density at radius 1 is 1.16 bits per heavy atom. The van der Waals surface area contributed by atoms with Gasteiger partial charge in [-0.1, -0.05) is 13.8 Å². The molecule has 0 saturated carbocycles. The van der Waals surface area contributed by atoms with E-state index in [4.69, 9.17) is 0 Å². The first-order chi connectivity index (χ1) is 8.63. The Balaban J connectivity index is 2.80. The summed E-state index contributed by atoms with van der Waals surface area (Å²) in [6.07, 6.45) is -4.46. The van der Waals surface area contributed by atoms with Gasteiger partial charge in [-0.2, -0.15) is 13.2 Å². The van der Waals surface area contributed by atoms with Crippen LogP contribution in [0.3, 0.4) is 0 Å². The van der Waals surface area contributed by atoms with Crippen molar-refractivity contribution in [3.05, 3.63) is 29.8 Å². The standard InChI is InChI=1S/C12H16F3NO2S/c1-9(2)16-7-8-19(17,18)11-5-3-10(4-6-11)12(13,14)15/h3-6,9,16H,7-8H2,1-2H3. The van der Waals surface area contributed by atoms with Crippen molar-refractivity contribution in [2.75, 3.05) is 12.3 Å². The van der Waals surface area contributed by atoms with Crippen LogP contribution in [0, 0.1) is 0 Å². The number of benzene rings is 1. The van der Waals surface area contributed by atoms with Gasteiger partial charge < -0.3 is 5.32 Å². The Bertz CT molecular complexity index is 507. The van der Waals surface area contributed by atoms with Crippen LogP contribution in [0.15, 0.2) is 29.2 Å². The molecule has 1 N–H and O–H groups in total.